The topological polar surface area (TPSA) is 43.1 Å². The first-order valence-electron chi connectivity index (χ1n) is 10.6. The quantitative estimate of drug-likeness (QED) is 0.576. The van der Waals surface area contributed by atoms with E-state index in [0.717, 1.165) is 32.1 Å². The lowest BCUT2D eigenvalue weighted by atomic mass is 9.95. The molecule has 138 valence electrons. The van der Waals surface area contributed by atoms with Crippen LogP contribution < -0.4 is 5.73 Å². The Kier molecular flexibility index (Phi) is 13.7. The van der Waals surface area contributed by atoms with E-state index >= 15 is 0 Å². The standard InChI is InChI=1S/C22H39NO/c23-22(24)21-19-17-15-13-11-9-7-5-3-1-2-4-6-8-10-12-14-16-18-20-21/h21H,1-13,15,17-20H2,(H2,23,24). The van der Waals surface area contributed by atoms with Crippen LogP contribution in [0.4, 0.5) is 0 Å². The van der Waals surface area contributed by atoms with E-state index in [1.807, 2.05) is 0 Å². The fourth-order valence-corrected chi connectivity index (χ4v) is 3.58. The molecule has 0 aromatic heterocycles. The molecule has 1 aliphatic rings. The first-order valence-corrected chi connectivity index (χ1v) is 10.6. The van der Waals surface area contributed by atoms with E-state index in [1.54, 1.807) is 0 Å². The van der Waals surface area contributed by atoms with Gasteiger partial charge >= 0.3 is 0 Å². The van der Waals surface area contributed by atoms with Crippen LogP contribution in [0, 0.1) is 17.8 Å². The summed E-state index contributed by atoms with van der Waals surface area (Å²) in [4.78, 5) is 11.6. The molecular formula is C22H39NO. The highest BCUT2D eigenvalue weighted by atomic mass is 16.1. The molecular weight excluding hydrogens is 294 g/mol. The van der Waals surface area contributed by atoms with Crippen molar-refractivity contribution in [2.75, 3.05) is 0 Å². The fraction of sp³-hybridized carbons (Fsp3) is 0.864. The first kappa shape index (κ1) is 21.1. The molecule has 1 rings (SSSR count). The zero-order valence-corrected chi connectivity index (χ0v) is 15.8. The third kappa shape index (κ3) is 12.5. The number of carbonyl (C=O) groups is 1. The van der Waals surface area contributed by atoms with Crippen molar-refractivity contribution >= 4 is 5.91 Å². The minimum atomic E-state index is -0.129. The van der Waals surface area contributed by atoms with Crippen LogP contribution in [-0.2, 0) is 4.79 Å². The molecule has 0 saturated carbocycles. The Labute approximate surface area is 150 Å². The molecule has 0 saturated heterocycles. The van der Waals surface area contributed by atoms with Crippen LogP contribution in [-0.4, -0.2) is 5.91 Å². The molecule has 1 aliphatic carbocycles. The molecule has 1 atom stereocenters. The molecule has 0 aromatic rings. The van der Waals surface area contributed by atoms with E-state index in [-0.39, 0.29) is 11.8 Å². The lowest BCUT2D eigenvalue weighted by Crippen LogP contribution is -2.23. The molecule has 24 heavy (non-hydrogen) atoms. The number of rotatable bonds is 1. The second-order valence-corrected chi connectivity index (χ2v) is 7.48. The van der Waals surface area contributed by atoms with Gasteiger partial charge in [0.1, 0.15) is 0 Å². The van der Waals surface area contributed by atoms with Gasteiger partial charge in [-0.25, -0.2) is 0 Å². The second kappa shape index (κ2) is 15.6. The Bertz CT molecular complexity index is 366. The molecule has 0 bridgehead atoms. The van der Waals surface area contributed by atoms with Crippen LogP contribution in [0.2, 0.25) is 0 Å². The highest BCUT2D eigenvalue weighted by molar-refractivity contribution is 5.76. The molecule has 0 heterocycles. The monoisotopic (exact) mass is 333 g/mol. The summed E-state index contributed by atoms with van der Waals surface area (Å²) in [6.07, 6.45) is 22.5. The van der Waals surface area contributed by atoms with Crippen LogP contribution in [0.3, 0.4) is 0 Å². The smallest absolute Gasteiger partial charge is 0.220 e. The molecule has 0 aliphatic heterocycles. The molecule has 1 amide bonds. The van der Waals surface area contributed by atoms with Crippen LogP contribution in [0.25, 0.3) is 0 Å². The summed E-state index contributed by atoms with van der Waals surface area (Å²) in [7, 11) is 0. The fourth-order valence-electron chi connectivity index (χ4n) is 3.58. The van der Waals surface area contributed by atoms with Crippen molar-refractivity contribution in [1.82, 2.24) is 0 Å². The van der Waals surface area contributed by atoms with Gasteiger partial charge in [-0.3, -0.25) is 4.79 Å². The predicted octanol–water partition coefficient (Wildman–Crippen LogP) is 6.13. The van der Waals surface area contributed by atoms with Crippen LogP contribution in [0.15, 0.2) is 0 Å². The van der Waals surface area contributed by atoms with E-state index in [1.165, 1.54) is 83.5 Å². The van der Waals surface area contributed by atoms with E-state index in [9.17, 15) is 4.79 Å². The van der Waals surface area contributed by atoms with Gasteiger partial charge in [-0.15, -0.1) is 11.8 Å². The average molecular weight is 334 g/mol. The lowest BCUT2D eigenvalue weighted by Gasteiger charge is -2.11. The summed E-state index contributed by atoms with van der Waals surface area (Å²) < 4.78 is 0. The average Bonchev–Trinajstić information content (AvgIpc) is 2.57. The van der Waals surface area contributed by atoms with Gasteiger partial charge in [-0.05, 0) is 19.3 Å². The van der Waals surface area contributed by atoms with Crippen LogP contribution in [0.5, 0.6) is 0 Å². The summed E-state index contributed by atoms with van der Waals surface area (Å²) in [5, 5.41) is 0. The maximum atomic E-state index is 11.6. The Balaban J connectivity index is 2.29. The van der Waals surface area contributed by atoms with E-state index in [4.69, 9.17) is 5.73 Å². The van der Waals surface area contributed by atoms with Gasteiger partial charge in [-0.1, -0.05) is 83.5 Å². The Morgan fingerprint density at radius 2 is 1.00 bits per heavy atom. The molecule has 0 radical (unpaired) electrons. The molecule has 2 nitrogen and oxygen atoms in total. The maximum Gasteiger partial charge on any atom is 0.220 e. The van der Waals surface area contributed by atoms with Gasteiger partial charge in [0.15, 0.2) is 0 Å². The summed E-state index contributed by atoms with van der Waals surface area (Å²) in [6, 6.07) is 0. The van der Waals surface area contributed by atoms with Gasteiger partial charge in [0.05, 0.1) is 0 Å². The van der Waals surface area contributed by atoms with Gasteiger partial charge in [0, 0.05) is 18.8 Å². The molecule has 0 spiro atoms. The minimum Gasteiger partial charge on any atom is -0.369 e. The van der Waals surface area contributed by atoms with Crippen molar-refractivity contribution in [1.29, 1.82) is 0 Å². The molecule has 0 fully saturated rings. The van der Waals surface area contributed by atoms with Crippen molar-refractivity contribution in [3.05, 3.63) is 0 Å². The van der Waals surface area contributed by atoms with Crippen molar-refractivity contribution < 1.29 is 4.79 Å². The summed E-state index contributed by atoms with van der Waals surface area (Å²) in [5.74, 6) is 6.42. The zero-order chi connectivity index (χ0) is 17.3. The Morgan fingerprint density at radius 3 is 1.50 bits per heavy atom. The van der Waals surface area contributed by atoms with E-state index < -0.39 is 0 Å². The van der Waals surface area contributed by atoms with Crippen LogP contribution in [0.1, 0.15) is 116 Å². The summed E-state index contributed by atoms with van der Waals surface area (Å²) in [5.41, 5.74) is 5.55. The predicted molar refractivity (Wildman–Crippen MR) is 104 cm³/mol. The lowest BCUT2D eigenvalue weighted by molar-refractivity contribution is -0.122. The second-order valence-electron chi connectivity index (χ2n) is 7.48. The highest BCUT2D eigenvalue weighted by Gasteiger charge is 2.13. The van der Waals surface area contributed by atoms with Gasteiger partial charge in [0.2, 0.25) is 5.91 Å². The van der Waals surface area contributed by atoms with Crippen molar-refractivity contribution in [2.24, 2.45) is 11.7 Å². The first-order chi connectivity index (χ1) is 11.8. The third-order valence-electron chi connectivity index (χ3n) is 5.25. The number of primary amides is 1. The van der Waals surface area contributed by atoms with Crippen LogP contribution >= 0.6 is 0 Å². The van der Waals surface area contributed by atoms with Crippen molar-refractivity contribution in [2.45, 2.75) is 116 Å². The Hall–Kier alpha value is -0.970. The number of amides is 1. The normalized spacial score (nSPS) is 24.1. The minimum absolute atomic E-state index is 0.0356. The Morgan fingerprint density at radius 1 is 0.583 bits per heavy atom. The van der Waals surface area contributed by atoms with Crippen molar-refractivity contribution in [3.8, 4) is 11.8 Å². The molecule has 2 N–H and O–H groups in total. The number of hydrogen-bond donors (Lipinski definition) is 1. The van der Waals surface area contributed by atoms with E-state index in [2.05, 4.69) is 11.8 Å². The van der Waals surface area contributed by atoms with Gasteiger partial charge < -0.3 is 5.73 Å². The summed E-state index contributed by atoms with van der Waals surface area (Å²) >= 11 is 0. The molecule has 0 aromatic carbocycles. The largest absolute Gasteiger partial charge is 0.369 e. The number of carbonyl (C=O) groups excluding carboxylic acids is 1. The van der Waals surface area contributed by atoms with Gasteiger partial charge in [-0.2, -0.15) is 0 Å². The summed E-state index contributed by atoms with van der Waals surface area (Å²) in [6.45, 7) is 0. The number of hydrogen-bond acceptors (Lipinski definition) is 1. The van der Waals surface area contributed by atoms with E-state index in [0.29, 0.717) is 0 Å². The number of nitrogens with two attached hydrogens (primary N) is 1. The zero-order valence-electron chi connectivity index (χ0n) is 15.8. The van der Waals surface area contributed by atoms with Gasteiger partial charge in [0.25, 0.3) is 0 Å². The van der Waals surface area contributed by atoms with Crippen molar-refractivity contribution in [3.63, 3.8) is 0 Å². The molecule has 2 heteroatoms. The highest BCUT2D eigenvalue weighted by Crippen LogP contribution is 2.17. The SMILES string of the molecule is NC(=O)C1CCC#CCCCCCCCCCCCCCCCC1. The molecule has 1 unspecified atom stereocenters. The third-order valence-corrected chi connectivity index (χ3v) is 5.25. The maximum absolute atomic E-state index is 11.6.